The van der Waals surface area contributed by atoms with Crippen LogP contribution < -0.4 is 14.8 Å². The lowest BCUT2D eigenvalue weighted by molar-refractivity contribution is -0.133. The minimum atomic E-state index is -4.06. The van der Waals surface area contributed by atoms with Crippen LogP contribution in [0, 0.1) is 18.3 Å². The fraction of sp³-hybridized carbons (Fsp3) is 0.429. The highest BCUT2D eigenvalue weighted by atomic mass is 32.2. The highest BCUT2D eigenvalue weighted by molar-refractivity contribution is 7.90. The number of nitrogens with one attached hydrogen (secondary N) is 4. The number of amides is 1. The van der Waals surface area contributed by atoms with Crippen molar-refractivity contribution in [1.29, 1.82) is 5.41 Å². The van der Waals surface area contributed by atoms with Gasteiger partial charge in [0.2, 0.25) is 21.9 Å². The summed E-state index contributed by atoms with van der Waals surface area (Å²) in [4.78, 5) is 15.3. The molecule has 3 aromatic rings. The van der Waals surface area contributed by atoms with Gasteiger partial charge < -0.3 is 14.6 Å². The second-order valence-electron chi connectivity index (χ2n) is 10.3. The Bertz CT molecular complexity index is 1550. The van der Waals surface area contributed by atoms with Crippen molar-refractivity contribution in [3.05, 3.63) is 60.4 Å². The Morgan fingerprint density at radius 2 is 1.68 bits per heavy atom. The maximum atomic E-state index is 13.6. The Labute approximate surface area is 242 Å². The lowest BCUT2D eigenvalue weighted by atomic mass is 10.1. The van der Waals surface area contributed by atoms with Crippen molar-refractivity contribution < 1.29 is 26.0 Å². The zero-order chi connectivity index (χ0) is 30.2. The maximum Gasteiger partial charge on any atom is 0.264 e. The van der Waals surface area contributed by atoms with Crippen LogP contribution in [0.5, 0.6) is 0 Å². The van der Waals surface area contributed by atoms with Gasteiger partial charge in [0.25, 0.3) is 10.0 Å². The summed E-state index contributed by atoms with van der Waals surface area (Å²) in [6.45, 7) is 8.88. The first-order valence-electron chi connectivity index (χ1n) is 13.5. The van der Waals surface area contributed by atoms with Crippen LogP contribution in [0.15, 0.2) is 69.0 Å². The maximum absolute atomic E-state index is 13.6. The number of sulfonamides is 2. The predicted octanol–water partition coefficient (Wildman–Crippen LogP) is 3.57. The molecule has 2 aromatic carbocycles. The van der Waals surface area contributed by atoms with E-state index in [-0.39, 0.29) is 41.0 Å². The number of rotatable bonds is 14. The first-order valence-corrected chi connectivity index (χ1v) is 16.5. The molecular weight excluding hydrogens is 566 g/mol. The molecule has 4 N–H and O–H groups in total. The number of furan rings is 1. The molecule has 0 bridgehead atoms. The van der Waals surface area contributed by atoms with Crippen LogP contribution in [0.25, 0.3) is 11.0 Å². The average Bonchev–Trinajstić information content (AvgIpc) is 3.37. The molecule has 0 fully saturated rings. The van der Waals surface area contributed by atoms with Crippen molar-refractivity contribution in [3.8, 4) is 0 Å². The predicted molar refractivity (Wildman–Crippen MR) is 158 cm³/mol. The van der Waals surface area contributed by atoms with Crippen LogP contribution in [0.4, 0.5) is 0 Å². The van der Waals surface area contributed by atoms with Gasteiger partial charge in [0.05, 0.1) is 16.1 Å². The molecular formula is C28H39N5O6S2. The number of aryl methyl sites for hydroxylation is 1. The summed E-state index contributed by atoms with van der Waals surface area (Å²) >= 11 is 0. The van der Waals surface area contributed by atoms with E-state index < -0.39 is 32.0 Å². The molecule has 0 saturated carbocycles. The second kappa shape index (κ2) is 14.0. The van der Waals surface area contributed by atoms with E-state index in [0.717, 1.165) is 12.0 Å². The van der Waals surface area contributed by atoms with Crippen molar-refractivity contribution in [1.82, 2.24) is 19.7 Å². The van der Waals surface area contributed by atoms with E-state index in [0.29, 0.717) is 24.1 Å². The number of nitrogens with zero attached hydrogens (tertiary/aromatic N) is 1. The third kappa shape index (κ3) is 9.03. The van der Waals surface area contributed by atoms with Gasteiger partial charge in [-0.2, -0.15) is 4.72 Å². The number of hydrogen-bond donors (Lipinski definition) is 4. The summed E-state index contributed by atoms with van der Waals surface area (Å²) in [6, 6.07) is 11.3. The van der Waals surface area contributed by atoms with Gasteiger partial charge in [0.15, 0.2) is 0 Å². The summed E-state index contributed by atoms with van der Waals surface area (Å²) in [6.07, 6.45) is 2.61. The highest BCUT2D eigenvalue weighted by Gasteiger charge is 2.29. The van der Waals surface area contributed by atoms with Gasteiger partial charge in [-0.1, -0.05) is 38.5 Å². The SMILES string of the molecule is CCCN(CC(C)C)C(=O)[C@H](CCCNC(=N)NS(=O)(=O)c1ccc(C)cc1)NS(=O)(=O)c1ccc2occc2c1. The molecule has 0 saturated heterocycles. The third-order valence-corrected chi connectivity index (χ3v) is 9.09. The lowest BCUT2D eigenvalue weighted by Crippen LogP contribution is -2.50. The Morgan fingerprint density at radius 1 is 1.00 bits per heavy atom. The van der Waals surface area contributed by atoms with E-state index in [2.05, 4.69) is 14.8 Å². The van der Waals surface area contributed by atoms with Crippen LogP contribution in [0.2, 0.25) is 0 Å². The van der Waals surface area contributed by atoms with E-state index in [1.807, 2.05) is 27.7 Å². The molecule has 0 spiro atoms. The van der Waals surface area contributed by atoms with Crippen LogP contribution in [-0.2, 0) is 24.8 Å². The highest BCUT2D eigenvalue weighted by Crippen LogP contribution is 2.21. The van der Waals surface area contributed by atoms with E-state index in [9.17, 15) is 21.6 Å². The van der Waals surface area contributed by atoms with Gasteiger partial charge in [0, 0.05) is 25.0 Å². The largest absolute Gasteiger partial charge is 0.464 e. The Balaban J connectivity index is 1.69. The number of fused-ring (bicyclic) bond motifs is 1. The van der Waals surface area contributed by atoms with Gasteiger partial charge >= 0.3 is 0 Å². The second-order valence-corrected chi connectivity index (χ2v) is 13.7. The molecule has 13 heteroatoms. The normalized spacial score (nSPS) is 12.8. The molecule has 11 nitrogen and oxygen atoms in total. The van der Waals surface area contributed by atoms with Crippen LogP contribution in [0.3, 0.4) is 0 Å². The summed E-state index contributed by atoms with van der Waals surface area (Å²) in [5, 5.41) is 11.3. The molecule has 1 aromatic heterocycles. The summed E-state index contributed by atoms with van der Waals surface area (Å²) in [7, 11) is -7.99. The molecule has 0 aliphatic carbocycles. The molecule has 0 aliphatic heterocycles. The first-order chi connectivity index (χ1) is 19.3. The molecule has 1 amide bonds. The van der Waals surface area contributed by atoms with Crippen molar-refractivity contribution >= 4 is 42.9 Å². The molecule has 0 radical (unpaired) electrons. The Kier molecular flexibility index (Phi) is 10.9. The van der Waals surface area contributed by atoms with Crippen molar-refractivity contribution in [2.45, 2.75) is 62.8 Å². The number of guanidine groups is 1. The summed E-state index contributed by atoms with van der Waals surface area (Å²) in [5.74, 6) is -0.562. The molecule has 1 heterocycles. The van der Waals surface area contributed by atoms with E-state index >= 15 is 0 Å². The van der Waals surface area contributed by atoms with E-state index in [1.54, 1.807) is 29.2 Å². The van der Waals surface area contributed by atoms with Gasteiger partial charge in [-0.3, -0.25) is 10.2 Å². The lowest BCUT2D eigenvalue weighted by Gasteiger charge is -2.29. The molecule has 0 aliphatic rings. The monoisotopic (exact) mass is 605 g/mol. The number of carbonyl (C=O) groups excluding carboxylic acids is 1. The fourth-order valence-electron chi connectivity index (χ4n) is 4.29. The van der Waals surface area contributed by atoms with Gasteiger partial charge in [-0.05, 0) is 68.5 Å². The zero-order valence-electron chi connectivity index (χ0n) is 23.8. The number of carbonyl (C=O) groups is 1. The fourth-order valence-corrected chi connectivity index (χ4v) is 6.50. The molecule has 1 atom stereocenters. The molecule has 41 heavy (non-hydrogen) atoms. The quantitative estimate of drug-likeness (QED) is 0.124. The number of hydrogen-bond acceptors (Lipinski definition) is 7. The van der Waals surface area contributed by atoms with E-state index in [4.69, 9.17) is 9.83 Å². The van der Waals surface area contributed by atoms with Crippen molar-refractivity contribution in [2.24, 2.45) is 5.92 Å². The van der Waals surface area contributed by atoms with Crippen LogP contribution >= 0.6 is 0 Å². The van der Waals surface area contributed by atoms with Crippen molar-refractivity contribution in [3.63, 3.8) is 0 Å². The topological polar surface area (TPSA) is 162 Å². The third-order valence-electron chi connectivity index (χ3n) is 6.26. The minimum Gasteiger partial charge on any atom is -0.464 e. The first kappa shape index (κ1) is 32.1. The Hall–Kier alpha value is -3.42. The van der Waals surface area contributed by atoms with Crippen LogP contribution in [0.1, 0.15) is 45.6 Å². The van der Waals surface area contributed by atoms with E-state index in [1.165, 1.54) is 30.5 Å². The number of benzene rings is 2. The Morgan fingerprint density at radius 3 is 2.34 bits per heavy atom. The standard InChI is InChI=1S/C28H39N5O6S2/c1-5-16-33(19-20(2)3)27(34)25(31-41(37,38)24-12-13-26-22(18-24)14-17-39-26)7-6-15-30-28(29)32-40(35,36)23-10-8-21(4)9-11-23/h8-14,17-18,20,25,31H,5-7,15-16,19H2,1-4H3,(H3,29,30,32)/t25-/m0/s1. The van der Waals surface area contributed by atoms with Crippen LogP contribution in [-0.4, -0.2) is 59.3 Å². The molecule has 0 unspecified atom stereocenters. The molecule has 224 valence electrons. The summed E-state index contributed by atoms with van der Waals surface area (Å²) < 4.78 is 61.8. The van der Waals surface area contributed by atoms with Gasteiger partial charge in [-0.15, -0.1) is 0 Å². The zero-order valence-corrected chi connectivity index (χ0v) is 25.4. The average molecular weight is 606 g/mol. The smallest absolute Gasteiger partial charge is 0.264 e. The molecule has 3 rings (SSSR count). The van der Waals surface area contributed by atoms with Crippen molar-refractivity contribution in [2.75, 3.05) is 19.6 Å². The van der Waals surface area contributed by atoms with Gasteiger partial charge in [0.1, 0.15) is 11.6 Å². The minimum absolute atomic E-state index is 0.0144. The van der Waals surface area contributed by atoms with Gasteiger partial charge in [-0.25, -0.2) is 21.6 Å². The summed E-state index contributed by atoms with van der Waals surface area (Å²) in [5.41, 5.74) is 1.46.